The van der Waals surface area contributed by atoms with Crippen molar-refractivity contribution in [3.05, 3.63) is 28.2 Å². The van der Waals surface area contributed by atoms with Gasteiger partial charge in [0, 0.05) is 18.1 Å². The zero-order chi connectivity index (χ0) is 13.8. The third-order valence-electron chi connectivity index (χ3n) is 3.09. The van der Waals surface area contributed by atoms with Gasteiger partial charge in [0.1, 0.15) is 6.17 Å². The van der Waals surface area contributed by atoms with Gasteiger partial charge in [0.25, 0.3) is 0 Å². The predicted molar refractivity (Wildman–Crippen MR) is 75.7 cm³/mol. The van der Waals surface area contributed by atoms with Gasteiger partial charge in [-0.2, -0.15) is 0 Å². The normalized spacial score (nSPS) is 17.4. The van der Waals surface area contributed by atoms with Crippen molar-refractivity contribution in [1.29, 1.82) is 0 Å². The highest BCUT2D eigenvalue weighted by atomic mass is 35.5. The number of benzene rings is 1. The Balaban J connectivity index is 1.89. The van der Waals surface area contributed by atoms with Gasteiger partial charge in [-0.25, -0.2) is 4.39 Å². The van der Waals surface area contributed by atoms with E-state index in [4.69, 9.17) is 23.2 Å². The first-order valence-corrected chi connectivity index (χ1v) is 6.91. The van der Waals surface area contributed by atoms with E-state index in [9.17, 15) is 9.18 Å². The fraction of sp³-hybridized carbons (Fsp3) is 0.462. The maximum Gasteiger partial charge on any atom is 0.238 e. The van der Waals surface area contributed by atoms with E-state index in [1.165, 1.54) is 0 Å². The van der Waals surface area contributed by atoms with Crippen LogP contribution in [0.5, 0.6) is 0 Å². The fourth-order valence-corrected chi connectivity index (χ4v) is 2.38. The minimum absolute atomic E-state index is 0.165. The van der Waals surface area contributed by atoms with Gasteiger partial charge in [-0.05, 0) is 31.0 Å². The molecule has 1 aromatic carbocycles. The number of nitrogens with zero attached hydrogens (tertiary/aromatic N) is 1. The first kappa shape index (κ1) is 14.6. The molecule has 0 aromatic heterocycles. The van der Waals surface area contributed by atoms with Crippen LogP contribution in [-0.2, 0) is 4.79 Å². The summed E-state index contributed by atoms with van der Waals surface area (Å²) in [6, 6.07) is 4.90. The number of halogens is 3. The third-order valence-corrected chi connectivity index (χ3v) is 3.65. The number of amides is 1. The molecule has 3 nitrogen and oxygen atoms in total. The lowest BCUT2D eigenvalue weighted by Gasteiger charge is -2.27. The number of nitrogens with one attached hydrogen (secondary N) is 1. The Hall–Kier alpha value is -0.840. The van der Waals surface area contributed by atoms with Gasteiger partial charge in [0.15, 0.2) is 0 Å². The summed E-state index contributed by atoms with van der Waals surface area (Å²) >= 11 is 11.8. The standard InChI is InChI=1S/C13H15Cl2FN2O/c14-9-1-2-11(15)12(7-9)17-13(19)8-18-5-3-10(16)4-6-18/h1-2,7,10H,3-6,8H2,(H,17,19). The molecule has 6 heteroatoms. The van der Waals surface area contributed by atoms with Gasteiger partial charge in [0.2, 0.25) is 5.91 Å². The Morgan fingerprint density at radius 2 is 2.05 bits per heavy atom. The molecule has 0 saturated carbocycles. The van der Waals surface area contributed by atoms with Crippen LogP contribution < -0.4 is 5.32 Å². The van der Waals surface area contributed by atoms with Gasteiger partial charge in [-0.3, -0.25) is 9.69 Å². The number of hydrogen-bond donors (Lipinski definition) is 1. The quantitative estimate of drug-likeness (QED) is 0.928. The molecule has 1 saturated heterocycles. The zero-order valence-corrected chi connectivity index (χ0v) is 11.8. The van der Waals surface area contributed by atoms with Crippen LogP contribution in [0.2, 0.25) is 10.0 Å². The van der Waals surface area contributed by atoms with Gasteiger partial charge in [-0.15, -0.1) is 0 Å². The van der Waals surface area contributed by atoms with Gasteiger partial charge < -0.3 is 5.32 Å². The second-order valence-electron chi connectivity index (χ2n) is 4.62. The van der Waals surface area contributed by atoms with E-state index in [-0.39, 0.29) is 12.5 Å². The predicted octanol–water partition coefficient (Wildman–Crippen LogP) is 3.37. The van der Waals surface area contributed by atoms with Crippen molar-refractivity contribution in [2.75, 3.05) is 25.0 Å². The van der Waals surface area contributed by atoms with Gasteiger partial charge >= 0.3 is 0 Å². The smallest absolute Gasteiger partial charge is 0.238 e. The van der Waals surface area contributed by atoms with Crippen molar-refractivity contribution >= 4 is 34.8 Å². The number of rotatable bonds is 3. The minimum Gasteiger partial charge on any atom is -0.324 e. The SMILES string of the molecule is O=C(CN1CCC(F)CC1)Nc1cc(Cl)ccc1Cl. The lowest BCUT2D eigenvalue weighted by atomic mass is 10.1. The second-order valence-corrected chi connectivity index (χ2v) is 5.47. The summed E-state index contributed by atoms with van der Waals surface area (Å²) in [7, 11) is 0. The molecule has 1 aromatic rings. The van der Waals surface area contributed by atoms with Crippen molar-refractivity contribution in [3.8, 4) is 0 Å². The summed E-state index contributed by atoms with van der Waals surface area (Å²) in [5.41, 5.74) is 0.500. The van der Waals surface area contributed by atoms with Gasteiger partial charge in [-0.1, -0.05) is 23.2 Å². The highest BCUT2D eigenvalue weighted by Gasteiger charge is 2.20. The van der Waals surface area contributed by atoms with E-state index in [0.29, 0.717) is 41.7 Å². The summed E-state index contributed by atoms with van der Waals surface area (Å²) in [4.78, 5) is 13.8. The van der Waals surface area contributed by atoms with Crippen LogP contribution >= 0.6 is 23.2 Å². The van der Waals surface area contributed by atoms with Crippen molar-refractivity contribution in [1.82, 2.24) is 4.90 Å². The first-order chi connectivity index (χ1) is 9.04. The molecule has 0 unspecified atom stereocenters. The summed E-state index contributed by atoms with van der Waals surface area (Å²) in [5.74, 6) is -0.165. The molecule has 1 amide bonds. The maximum absolute atomic E-state index is 13.0. The van der Waals surface area contributed by atoms with E-state index in [2.05, 4.69) is 5.32 Å². The zero-order valence-electron chi connectivity index (χ0n) is 10.3. The Kier molecular flexibility index (Phi) is 5.02. The van der Waals surface area contributed by atoms with Crippen LogP contribution in [0.25, 0.3) is 0 Å². The molecular weight excluding hydrogens is 290 g/mol. The molecule has 104 valence electrons. The minimum atomic E-state index is -0.735. The van der Waals surface area contributed by atoms with Crippen LogP contribution in [0.3, 0.4) is 0 Å². The van der Waals surface area contributed by atoms with Crippen molar-refractivity contribution in [3.63, 3.8) is 0 Å². The molecule has 1 heterocycles. The monoisotopic (exact) mass is 304 g/mol. The number of piperidine rings is 1. The molecule has 0 bridgehead atoms. The van der Waals surface area contributed by atoms with Crippen LogP contribution in [0.1, 0.15) is 12.8 Å². The van der Waals surface area contributed by atoms with E-state index in [1.807, 2.05) is 4.90 Å². The largest absolute Gasteiger partial charge is 0.324 e. The number of likely N-dealkylation sites (tertiary alicyclic amines) is 1. The van der Waals surface area contributed by atoms with E-state index >= 15 is 0 Å². The number of carbonyl (C=O) groups excluding carboxylic acids is 1. The average molecular weight is 305 g/mol. The van der Waals surface area contributed by atoms with Crippen LogP contribution in [0, 0.1) is 0 Å². The molecule has 2 rings (SSSR count). The molecule has 1 N–H and O–H groups in total. The van der Waals surface area contributed by atoms with Gasteiger partial charge in [0.05, 0.1) is 17.3 Å². The second kappa shape index (κ2) is 6.55. The van der Waals surface area contributed by atoms with Crippen molar-refractivity contribution in [2.24, 2.45) is 0 Å². The molecular formula is C13H15Cl2FN2O. The number of anilines is 1. The molecule has 1 fully saturated rings. The summed E-state index contributed by atoms with van der Waals surface area (Å²) in [6.45, 7) is 1.46. The number of alkyl halides is 1. The van der Waals surface area contributed by atoms with E-state index in [1.54, 1.807) is 18.2 Å². The average Bonchev–Trinajstić information content (AvgIpc) is 2.37. The van der Waals surface area contributed by atoms with Crippen molar-refractivity contribution < 1.29 is 9.18 Å². The summed E-state index contributed by atoms with van der Waals surface area (Å²) < 4.78 is 13.0. The van der Waals surface area contributed by atoms with E-state index in [0.717, 1.165) is 0 Å². The fourth-order valence-electron chi connectivity index (χ4n) is 2.05. The van der Waals surface area contributed by atoms with E-state index < -0.39 is 6.17 Å². The Morgan fingerprint density at radius 1 is 1.37 bits per heavy atom. The lowest BCUT2D eigenvalue weighted by molar-refractivity contribution is -0.117. The van der Waals surface area contributed by atoms with Crippen LogP contribution in [0.15, 0.2) is 18.2 Å². The first-order valence-electron chi connectivity index (χ1n) is 6.16. The third kappa shape index (κ3) is 4.34. The highest BCUT2D eigenvalue weighted by Crippen LogP contribution is 2.25. The summed E-state index contributed by atoms with van der Waals surface area (Å²) in [6.07, 6.45) is 0.248. The van der Waals surface area contributed by atoms with Crippen molar-refractivity contribution in [2.45, 2.75) is 19.0 Å². The molecule has 0 aliphatic carbocycles. The topological polar surface area (TPSA) is 32.3 Å². The molecule has 1 aliphatic rings. The lowest BCUT2D eigenvalue weighted by Crippen LogP contribution is -2.39. The van der Waals surface area contributed by atoms with Crippen LogP contribution in [0.4, 0.5) is 10.1 Å². The molecule has 0 radical (unpaired) electrons. The Labute approximate surface area is 121 Å². The van der Waals surface area contributed by atoms with Crippen LogP contribution in [-0.4, -0.2) is 36.6 Å². The number of carbonyl (C=O) groups is 1. The highest BCUT2D eigenvalue weighted by molar-refractivity contribution is 6.35. The summed E-state index contributed by atoms with van der Waals surface area (Å²) in [5, 5.41) is 3.68. The Bertz CT molecular complexity index is 462. The molecule has 1 aliphatic heterocycles. The molecule has 0 spiro atoms. The Morgan fingerprint density at radius 3 is 2.74 bits per heavy atom. The molecule has 19 heavy (non-hydrogen) atoms. The molecule has 0 atom stereocenters. The maximum atomic E-state index is 13.0. The number of hydrogen-bond acceptors (Lipinski definition) is 2.